The number of amides is 1. The maximum absolute atomic E-state index is 12.8. The van der Waals surface area contributed by atoms with Crippen molar-refractivity contribution in [3.05, 3.63) is 60.2 Å². The smallest absolute Gasteiger partial charge is 0.242 e. The number of primary sulfonamides is 1. The molecule has 1 atom stereocenters. The molecule has 0 fully saturated rings. The van der Waals surface area contributed by atoms with Crippen molar-refractivity contribution < 1.29 is 13.2 Å². The van der Waals surface area contributed by atoms with Crippen LogP contribution in [0, 0.1) is 0 Å². The zero-order valence-electron chi connectivity index (χ0n) is 13.7. The second kappa shape index (κ2) is 8.26. The molecule has 0 unspecified atom stereocenters. The third-order valence-corrected chi connectivity index (χ3v) is 6.95. The number of nitrogens with two attached hydrogens (primary N) is 1. The van der Waals surface area contributed by atoms with Crippen molar-refractivity contribution in [2.75, 3.05) is 17.6 Å². The van der Waals surface area contributed by atoms with Crippen LogP contribution in [0.1, 0.15) is 10.8 Å². The predicted octanol–water partition coefficient (Wildman–Crippen LogP) is 2.85. The van der Waals surface area contributed by atoms with Crippen LogP contribution in [0.25, 0.3) is 0 Å². The molecule has 26 heavy (non-hydrogen) atoms. The first-order valence-corrected chi connectivity index (χ1v) is 11.2. The summed E-state index contributed by atoms with van der Waals surface area (Å²) in [6, 6.07) is 15.3. The van der Waals surface area contributed by atoms with Crippen LogP contribution >= 0.6 is 23.5 Å². The average molecular weight is 408 g/mol. The number of hydrogen-bond acceptors (Lipinski definition) is 6. The van der Waals surface area contributed by atoms with E-state index >= 15 is 0 Å². The van der Waals surface area contributed by atoms with Crippen molar-refractivity contribution >= 4 is 49.5 Å². The maximum Gasteiger partial charge on any atom is 0.242 e. The first-order chi connectivity index (χ1) is 12.4. The highest BCUT2D eigenvalue weighted by Gasteiger charge is 2.25. The van der Waals surface area contributed by atoms with Gasteiger partial charge in [-0.15, -0.1) is 0 Å². The normalized spacial score (nSPS) is 15.3. The van der Waals surface area contributed by atoms with E-state index in [0.717, 1.165) is 22.2 Å². The van der Waals surface area contributed by atoms with Crippen LogP contribution in [0.2, 0.25) is 0 Å². The molecule has 2 aromatic carbocycles. The lowest BCUT2D eigenvalue weighted by Gasteiger charge is -2.16. The molecule has 1 heterocycles. The third kappa shape index (κ3) is 4.88. The first kappa shape index (κ1) is 19.0. The number of nitrogens with zero attached hydrogens (tertiary/aromatic N) is 1. The minimum atomic E-state index is -3.76. The lowest BCUT2D eigenvalue weighted by Crippen LogP contribution is -2.20. The molecule has 1 aliphatic heterocycles. The van der Waals surface area contributed by atoms with Gasteiger partial charge in [0.2, 0.25) is 15.9 Å². The first-order valence-electron chi connectivity index (χ1n) is 7.76. The predicted molar refractivity (Wildman–Crippen MR) is 108 cm³/mol. The molecule has 0 aliphatic carbocycles. The average Bonchev–Trinajstić information content (AvgIpc) is 3.13. The zero-order chi connectivity index (χ0) is 18.6. The minimum Gasteiger partial charge on any atom is -0.325 e. The van der Waals surface area contributed by atoms with Gasteiger partial charge in [0.15, 0.2) is 0 Å². The van der Waals surface area contributed by atoms with Gasteiger partial charge in [-0.25, -0.2) is 13.6 Å². The fourth-order valence-corrected chi connectivity index (χ4v) is 5.02. The second-order valence-electron chi connectivity index (χ2n) is 5.46. The van der Waals surface area contributed by atoms with Crippen LogP contribution in [0.3, 0.4) is 0 Å². The molecule has 2 aromatic rings. The Morgan fingerprint density at radius 3 is 2.42 bits per heavy atom. The van der Waals surface area contributed by atoms with Gasteiger partial charge in [0, 0.05) is 11.4 Å². The summed E-state index contributed by atoms with van der Waals surface area (Å²) in [5.41, 5.74) is 1.39. The standard InChI is InChI=1S/C17H17N3O3S3/c18-26(22,23)14-8-6-13(7-9-14)20-16(21)15(12-4-2-1-3-5-12)25-17-19-10-11-24-17/h1-9,15H,10-11H2,(H,20,21)(H2,18,22,23)/t15-/m1/s1. The van der Waals surface area contributed by atoms with Gasteiger partial charge in [-0.05, 0) is 29.8 Å². The molecule has 1 amide bonds. The summed E-state index contributed by atoms with van der Waals surface area (Å²) in [4.78, 5) is 17.3. The van der Waals surface area contributed by atoms with Gasteiger partial charge >= 0.3 is 0 Å². The van der Waals surface area contributed by atoms with Crippen molar-refractivity contribution in [2.24, 2.45) is 10.1 Å². The molecule has 0 saturated carbocycles. The quantitative estimate of drug-likeness (QED) is 0.794. The third-order valence-electron chi connectivity index (χ3n) is 3.57. The molecule has 0 aromatic heterocycles. The number of rotatable bonds is 5. The number of thioether (sulfide) groups is 2. The highest BCUT2D eigenvalue weighted by atomic mass is 32.2. The number of sulfonamides is 1. The molecule has 136 valence electrons. The number of benzene rings is 2. The van der Waals surface area contributed by atoms with Gasteiger partial charge in [0.05, 0.1) is 11.4 Å². The summed E-state index contributed by atoms with van der Waals surface area (Å²) in [5, 5.41) is 7.48. The Bertz CT molecular complexity index is 913. The van der Waals surface area contributed by atoms with Crippen LogP contribution in [0.5, 0.6) is 0 Å². The Labute approximate surface area is 160 Å². The van der Waals surface area contributed by atoms with Crippen LogP contribution in [-0.2, 0) is 14.8 Å². The molecule has 6 nitrogen and oxygen atoms in total. The summed E-state index contributed by atoms with van der Waals surface area (Å²) in [6.45, 7) is 0.769. The van der Waals surface area contributed by atoms with Gasteiger partial charge in [-0.1, -0.05) is 53.9 Å². The number of anilines is 1. The van der Waals surface area contributed by atoms with E-state index in [1.54, 1.807) is 11.8 Å². The van der Waals surface area contributed by atoms with E-state index in [0.29, 0.717) is 5.69 Å². The largest absolute Gasteiger partial charge is 0.325 e. The summed E-state index contributed by atoms with van der Waals surface area (Å²) >= 11 is 3.07. The second-order valence-corrected chi connectivity index (χ2v) is 9.46. The molecule has 0 radical (unpaired) electrons. The Hall–Kier alpha value is -1.81. The maximum atomic E-state index is 12.8. The van der Waals surface area contributed by atoms with Gasteiger partial charge in [-0.2, -0.15) is 0 Å². The Morgan fingerprint density at radius 2 is 1.85 bits per heavy atom. The van der Waals surface area contributed by atoms with Gasteiger partial charge in [0.1, 0.15) is 9.63 Å². The van der Waals surface area contributed by atoms with E-state index in [-0.39, 0.29) is 10.8 Å². The molecule has 0 spiro atoms. The minimum absolute atomic E-state index is 0.00111. The van der Waals surface area contributed by atoms with E-state index in [1.807, 2.05) is 30.3 Å². The monoisotopic (exact) mass is 407 g/mol. The number of aliphatic imine (C=N–C) groups is 1. The lowest BCUT2D eigenvalue weighted by molar-refractivity contribution is -0.115. The van der Waals surface area contributed by atoms with Crippen molar-refractivity contribution in [1.29, 1.82) is 0 Å². The summed E-state index contributed by atoms with van der Waals surface area (Å²) in [6.07, 6.45) is 0. The number of hydrogen-bond donors (Lipinski definition) is 2. The van der Waals surface area contributed by atoms with Crippen LogP contribution in [-0.4, -0.2) is 31.0 Å². The van der Waals surface area contributed by atoms with Gasteiger partial charge in [0.25, 0.3) is 0 Å². The lowest BCUT2D eigenvalue weighted by atomic mass is 10.1. The van der Waals surface area contributed by atoms with Crippen LogP contribution in [0.4, 0.5) is 5.69 Å². The summed E-state index contributed by atoms with van der Waals surface area (Å²) < 4.78 is 23.6. The van der Waals surface area contributed by atoms with E-state index in [2.05, 4.69) is 10.3 Å². The molecular weight excluding hydrogens is 390 g/mol. The molecule has 1 aliphatic rings. The van der Waals surface area contributed by atoms with Crippen molar-refractivity contribution in [3.63, 3.8) is 0 Å². The van der Waals surface area contributed by atoms with Crippen molar-refractivity contribution in [1.82, 2.24) is 0 Å². The number of carbonyl (C=O) groups is 1. The van der Waals surface area contributed by atoms with Gasteiger partial charge < -0.3 is 5.32 Å². The fourth-order valence-electron chi connectivity index (χ4n) is 2.32. The fraction of sp³-hybridized carbons (Fsp3) is 0.176. The highest BCUT2D eigenvalue weighted by molar-refractivity contribution is 8.39. The Kier molecular flexibility index (Phi) is 6.02. The Morgan fingerprint density at radius 1 is 1.15 bits per heavy atom. The van der Waals surface area contributed by atoms with Crippen molar-refractivity contribution in [2.45, 2.75) is 10.1 Å². The molecule has 3 rings (SSSR count). The van der Waals surface area contributed by atoms with E-state index in [1.165, 1.54) is 36.0 Å². The topological polar surface area (TPSA) is 102 Å². The van der Waals surface area contributed by atoms with E-state index in [4.69, 9.17) is 5.14 Å². The van der Waals surface area contributed by atoms with Crippen LogP contribution in [0.15, 0.2) is 64.5 Å². The van der Waals surface area contributed by atoms with E-state index in [9.17, 15) is 13.2 Å². The molecule has 3 N–H and O–H groups in total. The molecule has 0 bridgehead atoms. The van der Waals surface area contributed by atoms with Gasteiger partial charge in [-0.3, -0.25) is 9.79 Å². The Balaban J connectivity index is 1.79. The highest BCUT2D eigenvalue weighted by Crippen LogP contribution is 2.36. The van der Waals surface area contributed by atoms with Crippen LogP contribution < -0.4 is 10.5 Å². The van der Waals surface area contributed by atoms with E-state index < -0.39 is 15.3 Å². The van der Waals surface area contributed by atoms with Crippen molar-refractivity contribution in [3.8, 4) is 0 Å². The molecule has 0 saturated heterocycles. The molecular formula is C17H17N3O3S3. The summed E-state index contributed by atoms with van der Waals surface area (Å²) in [5.74, 6) is 0.736. The summed E-state index contributed by atoms with van der Waals surface area (Å²) in [7, 11) is -3.76. The number of carbonyl (C=O) groups excluding carboxylic acids is 1. The SMILES string of the molecule is NS(=O)(=O)c1ccc(NC(=O)[C@H](SC2=NCCS2)c2ccccc2)cc1. The number of nitrogens with one attached hydrogen (secondary N) is 1. The molecule has 9 heteroatoms. The zero-order valence-corrected chi connectivity index (χ0v) is 16.1.